The van der Waals surface area contributed by atoms with Crippen LogP contribution in [0.25, 0.3) is 0 Å². The van der Waals surface area contributed by atoms with E-state index in [0.29, 0.717) is 17.2 Å². The molecule has 1 saturated heterocycles. The SMILES string of the molecule is COC(=O)[C@@]12C(=O)OC[C@@H]1[C@H]2c1cc(OC)c(OC)c(OC)c1. The summed E-state index contributed by atoms with van der Waals surface area (Å²) in [6.07, 6.45) is 0. The number of carbonyl (C=O) groups excluding carboxylic acids is 2. The number of fused-ring (bicyclic) bond motifs is 1. The molecule has 1 aromatic carbocycles. The lowest BCUT2D eigenvalue weighted by Crippen LogP contribution is -2.28. The number of benzene rings is 1. The zero-order valence-corrected chi connectivity index (χ0v) is 13.4. The quantitative estimate of drug-likeness (QED) is 0.594. The maximum atomic E-state index is 12.2. The van der Waals surface area contributed by atoms with Crippen LogP contribution in [0.2, 0.25) is 0 Å². The second-order valence-corrected chi connectivity index (χ2v) is 5.50. The summed E-state index contributed by atoms with van der Waals surface area (Å²) in [6.45, 7) is 0.204. The van der Waals surface area contributed by atoms with Gasteiger partial charge in [0, 0.05) is 11.8 Å². The Labute approximate surface area is 133 Å². The highest BCUT2D eigenvalue weighted by Gasteiger charge is 2.80. The van der Waals surface area contributed by atoms with Crippen molar-refractivity contribution in [1.82, 2.24) is 0 Å². The Morgan fingerprint density at radius 2 is 1.74 bits per heavy atom. The minimum absolute atomic E-state index is 0.204. The maximum absolute atomic E-state index is 12.2. The summed E-state index contributed by atoms with van der Waals surface area (Å²) >= 11 is 0. The van der Waals surface area contributed by atoms with Crippen LogP contribution < -0.4 is 14.2 Å². The summed E-state index contributed by atoms with van der Waals surface area (Å²) in [5.41, 5.74) is -0.495. The molecule has 0 amide bonds. The molecule has 0 N–H and O–H groups in total. The number of methoxy groups -OCH3 is 4. The first-order valence-electron chi connectivity index (χ1n) is 7.11. The summed E-state index contributed by atoms with van der Waals surface area (Å²) < 4.78 is 25.8. The third-order valence-electron chi connectivity index (χ3n) is 4.67. The first-order chi connectivity index (χ1) is 11.1. The number of cyclic esters (lactones) is 1. The van der Waals surface area contributed by atoms with Gasteiger partial charge in [0.25, 0.3) is 0 Å². The first-order valence-corrected chi connectivity index (χ1v) is 7.11. The van der Waals surface area contributed by atoms with Crippen LogP contribution in [0.1, 0.15) is 11.5 Å². The average Bonchev–Trinajstić information content (AvgIpc) is 3.15. The number of ether oxygens (including phenoxy) is 5. The van der Waals surface area contributed by atoms with Gasteiger partial charge in [0.2, 0.25) is 5.75 Å². The predicted octanol–water partition coefficient (Wildman–Crippen LogP) is 1.14. The summed E-state index contributed by atoms with van der Waals surface area (Å²) in [5.74, 6) is -0.244. The van der Waals surface area contributed by atoms with E-state index in [-0.39, 0.29) is 18.4 Å². The van der Waals surface area contributed by atoms with E-state index < -0.39 is 17.4 Å². The molecule has 7 heteroatoms. The van der Waals surface area contributed by atoms with Crippen LogP contribution in [-0.2, 0) is 19.1 Å². The predicted molar refractivity (Wildman–Crippen MR) is 77.7 cm³/mol. The number of rotatable bonds is 5. The second kappa shape index (κ2) is 5.33. The highest BCUT2D eigenvalue weighted by molar-refractivity contribution is 6.07. The van der Waals surface area contributed by atoms with Gasteiger partial charge in [-0.2, -0.15) is 0 Å². The lowest BCUT2D eigenvalue weighted by atomic mass is 9.98. The van der Waals surface area contributed by atoms with Gasteiger partial charge in [-0.1, -0.05) is 0 Å². The Morgan fingerprint density at radius 1 is 1.13 bits per heavy atom. The summed E-state index contributed by atoms with van der Waals surface area (Å²) in [6, 6.07) is 3.50. The number of carbonyl (C=O) groups is 2. The molecular formula is C16H18O7. The zero-order valence-electron chi connectivity index (χ0n) is 13.4. The van der Waals surface area contributed by atoms with Gasteiger partial charge in [-0.15, -0.1) is 0 Å². The molecule has 2 fully saturated rings. The molecule has 124 valence electrons. The van der Waals surface area contributed by atoms with Crippen molar-refractivity contribution in [2.45, 2.75) is 5.92 Å². The first kappa shape index (κ1) is 15.5. The van der Waals surface area contributed by atoms with Gasteiger partial charge in [0.05, 0.1) is 35.0 Å². The van der Waals surface area contributed by atoms with Crippen molar-refractivity contribution in [3.63, 3.8) is 0 Å². The molecule has 3 atom stereocenters. The summed E-state index contributed by atoms with van der Waals surface area (Å²) in [5, 5.41) is 0. The molecular weight excluding hydrogens is 304 g/mol. The van der Waals surface area contributed by atoms with Crippen molar-refractivity contribution in [3.05, 3.63) is 17.7 Å². The zero-order chi connectivity index (χ0) is 16.8. The maximum Gasteiger partial charge on any atom is 0.324 e. The molecule has 0 unspecified atom stereocenters. The van der Waals surface area contributed by atoms with Crippen molar-refractivity contribution < 1.29 is 33.3 Å². The van der Waals surface area contributed by atoms with Crippen molar-refractivity contribution >= 4 is 11.9 Å². The Hall–Kier alpha value is -2.44. The molecule has 1 heterocycles. The van der Waals surface area contributed by atoms with Crippen molar-refractivity contribution in [2.24, 2.45) is 11.3 Å². The van der Waals surface area contributed by atoms with Crippen molar-refractivity contribution in [3.8, 4) is 17.2 Å². The molecule has 0 aromatic heterocycles. The molecule has 0 bridgehead atoms. The minimum atomic E-state index is -1.25. The van der Waals surface area contributed by atoms with Crippen LogP contribution in [0.15, 0.2) is 12.1 Å². The fourth-order valence-electron chi connectivity index (χ4n) is 3.56. The number of hydrogen-bond donors (Lipinski definition) is 0. The highest BCUT2D eigenvalue weighted by Crippen LogP contribution is 2.69. The molecule has 0 spiro atoms. The Kier molecular flexibility index (Phi) is 3.58. The van der Waals surface area contributed by atoms with E-state index in [1.807, 2.05) is 0 Å². The molecule has 1 aromatic rings. The minimum Gasteiger partial charge on any atom is -0.493 e. The van der Waals surface area contributed by atoms with Crippen LogP contribution in [-0.4, -0.2) is 47.0 Å². The molecule has 1 saturated carbocycles. The fraction of sp³-hybridized carbons (Fsp3) is 0.500. The molecule has 3 rings (SSSR count). The smallest absolute Gasteiger partial charge is 0.324 e. The van der Waals surface area contributed by atoms with E-state index in [9.17, 15) is 9.59 Å². The number of esters is 2. The van der Waals surface area contributed by atoms with Gasteiger partial charge in [-0.3, -0.25) is 9.59 Å². The lowest BCUT2D eigenvalue weighted by Gasteiger charge is -2.16. The monoisotopic (exact) mass is 322 g/mol. The van der Waals surface area contributed by atoms with Gasteiger partial charge in [0.1, 0.15) is 0 Å². The third kappa shape index (κ3) is 1.89. The van der Waals surface area contributed by atoms with Crippen molar-refractivity contribution in [2.75, 3.05) is 35.0 Å². The van der Waals surface area contributed by atoms with Gasteiger partial charge < -0.3 is 23.7 Å². The largest absolute Gasteiger partial charge is 0.493 e. The molecule has 2 aliphatic rings. The molecule has 23 heavy (non-hydrogen) atoms. The van der Waals surface area contributed by atoms with E-state index in [1.54, 1.807) is 12.1 Å². The number of hydrogen-bond acceptors (Lipinski definition) is 7. The average molecular weight is 322 g/mol. The molecule has 1 aliphatic heterocycles. The Balaban J connectivity index is 2.07. The summed E-state index contributed by atoms with van der Waals surface area (Å²) in [7, 11) is 5.81. The third-order valence-corrected chi connectivity index (χ3v) is 4.67. The Bertz CT molecular complexity index is 643. The van der Waals surface area contributed by atoms with Gasteiger partial charge >= 0.3 is 11.9 Å². The van der Waals surface area contributed by atoms with Crippen LogP contribution >= 0.6 is 0 Å². The van der Waals surface area contributed by atoms with E-state index in [0.717, 1.165) is 5.56 Å². The fourth-order valence-corrected chi connectivity index (χ4v) is 3.56. The van der Waals surface area contributed by atoms with Crippen LogP contribution in [0.5, 0.6) is 17.2 Å². The van der Waals surface area contributed by atoms with Crippen molar-refractivity contribution in [1.29, 1.82) is 0 Å². The molecule has 7 nitrogen and oxygen atoms in total. The van der Waals surface area contributed by atoms with E-state index in [4.69, 9.17) is 23.7 Å². The van der Waals surface area contributed by atoms with Gasteiger partial charge in [0.15, 0.2) is 16.9 Å². The van der Waals surface area contributed by atoms with E-state index in [2.05, 4.69) is 0 Å². The van der Waals surface area contributed by atoms with E-state index in [1.165, 1.54) is 28.4 Å². The second-order valence-electron chi connectivity index (χ2n) is 5.50. The Morgan fingerprint density at radius 3 is 2.22 bits per heavy atom. The molecule has 0 radical (unpaired) electrons. The standard InChI is InChI=1S/C16H18O7/c1-19-10-5-8(6-11(20-2)13(10)21-3)12-9-7-23-15(18)16(9,12)14(17)22-4/h5-6,9,12H,7H2,1-4H3/t9-,12-,16-/m1/s1. The van der Waals surface area contributed by atoms with Crippen LogP contribution in [0.4, 0.5) is 0 Å². The van der Waals surface area contributed by atoms with Crippen LogP contribution in [0.3, 0.4) is 0 Å². The summed E-state index contributed by atoms with van der Waals surface area (Å²) in [4.78, 5) is 24.3. The van der Waals surface area contributed by atoms with Gasteiger partial charge in [-0.05, 0) is 17.7 Å². The lowest BCUT2D eigenvalue weighted by molar-refractivity contribution is -0.158. The van der Waals surface area contributed by atoms with E-state index >= 15 is 0 Å². The molecule has 1 aliphatic carbocycles. The van der Waals surface area contributed by atoms with Gasteiger partial charge in [-0.25, -0.2) is 0 Å². The highest BCUT2D eigenvalue weighted by atomic mass is 16.6. The van der Waals surface area contributed by atoms with Crippen LogP contribution in [0, 0.1) is 11.3 Å². The topological polar surface area (TPSA) is 80.3 Å². The normalized spacial score (nSPS) is 27.7.